The lowest BCUT2D eigenvalue weighted by atomic mass is 10.2. The number of hydrogen-bond donors (Lipinski definition) is 0. The van der Waals surface area contributed by atoms with E-state index in [1.165, 1.54) is 0 Å². The van der Waals surface area contributed by atoms with Gasteiger partial charge in [-0.1, -0.05) is 23.7 Å². The van der Waals surface area contributed by atoms with Gasteiger partial charge in [0.15, 0.2) is 0 Å². The predicted octanol–water partition coefficient (Wildman–Crippen LogP) is 2.43. The van der Waals surface area contributed by atoms with Gasteiger partial charge >= 0.3 is 0 Å². The van der Waals surface area contributed by atoms with Crippen LogP contribution in [0.25, 0.3) is 6.08 Å². The number of carbonyl (C=O) groups is 1. The molecule has 128 valence electrons. The lowest BCUT2D eigenvalue weighted by Gasteiger charge is -2.29. The molecule has 6 heteroatoms. The standard InChI is InChI=1S/C18H22ClN3O2/c19-17-5-2-16(3-6-17)4-7-18(23)22(9-1-8-20)11-10-21-12-14-24-15-13-21/h2-7H,1,9-15H2. The summed E-state index contributed by atoms with van der Waals surface area (Å²) in [5, 5.41) is 9.47. The minimum atomic E-state index is -0.0755. The highest BCUT2D eigenvalue weighted by atomic mass is 35.5. The van der Waals surface area contributed by atoms with Crippen molar-refractivity contribution in [3.05, 3.63) is 40.9 Å². The van der Waals surface area contributed by atoms with Crippen molar-refractivity contribution in [1.82, 2.24) is 9.80 Å². The first-order chi connectivity index (χ1) is 11.7. The number of nitrogens with zero attached hydrogens (tertiary/aromatic N) is 3. The number of halogens is 1. The molecule has 1 aliphatic rings. The largest absolute Gasteiger partial charge is 0.379 e. The average molecular weight is 348 g/mol. The Morgan fingerprint density at radius 3 is 2.67 bits per heavy atom. The first-order valence-corrected chi connectivity index (χ1v) is 8.46. The molecule has 0 spiro atoms. The number of benzene rings is 1. The number of ether oxygens (including phenoxy) is 1. The monoisotopic (exact) mass is 347 g/mol. The second-order valence-corrected chi connectivity index (χ2v) is 6.01. The molecule has 2 rings (SSSR count). The van der Waals surface area contributed by atoms with Crippen LogP contribution in [-0.4, -0.2) is 61.6 Å². The molecule has 0 saturated carbocycles. The Labute approximate surface area is 148 Å². The minimum absolute atomic E-state index is 0.0755. The van der Waals surface area contributed by atoms with E-state index in [1.54, 1.807) is 29.2 Å². The summed E-state index contributed by atoms with van der Waals surface area (Å²) in [6.45, 7) is 5.12. The van der Waals surface area contributed by atoms with Crippen LogP contribution in [0.3, 0.4) is 0 Å². The Hall–Kier alpha value is -1.87. The van der Waals surface area contributed by atoms with Gasteiger partial charge in [-0.15, -0.1) is 0 Å². The van der Waals surface area contributed by atoms with Gasteiger partial charge < -0.3 is 9.64 Å². The number of carbonyl (C=O) groups excluding carboxylic acids is 1. The normalized spacial score (nSPS) is 15.3. The summed E-state index contributed by atoms with van der Waals surface area (Å²) in [5.41, 5.74) is 0.918. The highest BCUT2D eigenvalue weighted by molar-refractivity contribution is 6.30. The van der Waals surface area contributed by atoms with Crippen LogP contribution in [0.2, 0.25) is 5.02 Å². The topological polar surface area (TPSA) is 56.6 Å². The van der Waals surface area contributed by atoms with Crippen LogP contribution in [0.15, 0.2) is 30.3 Å². The van der Waals surface area contributed by atoms with E-state index in [9.17, 15) is 4.79 Å². The molecule has 0 aromatic heterocycles. The average Bonchev–Trinajstić information content (AvgIpc) is 2.62. The number of nitriles is 1. The zero-order valence-corrected chi connectivity index (χ0v) is 14.4. The molecule has 1 aromatic carbocycles. The van der Waals surface area contributed by atoms with E-state index in [0.29, 0.717) is 24.5 Å². The van der Waals surface area contributed by atoms with Gasteiger partial charge in [0.25, 0.3) is 0 Å². The lowest BCUT2D eigenvalue weighted by Crippen LogP contribution is -2.43. The zero-order chi connectivity index (χ0) is 17.2. The maximum atomic E-state index is 12.4. The number of hydrogen-bond acceptors (Lipinski definition) is 4. The SMILES string of the molecule is N#CCCN(CCN1CCOCC1)C(=O)C=Cc1ccc(Cl)cc1. The molecule has 1 amide bonds. The molecule has 0 bridgehead atoms. The van der Waals surface area contributed by atoms with E-state index in [4.69, 9.17) is 21.6 Å². The summed E-state index contributed by atoms with van der Waals surface area (Å²) in [4.78, 5) is 16.4. The van der Waals surface area contributed by atoms with Gasteiger partial charge in [0.1, 0.15) is 0 Å². The molecule has 0 aliphatic carbocycles. The second kappa shape index (κ2) is 10.1. The Kier molecular flexibility index (Phi) is 7.76. The number of rotatable bonds is 7. The summed E-state index contributed by atoms with van der Waals surface area (Å²) >= 11 is 5.85. The summed E-state index contributed by atoms with van der Waals surface area (Å²) in [5.74, 6) is -0.0755. The van der Waals surface area contributed by atoms with E-state index < -0.39 is 0 Å². The van der Waals surface area contributed by atoms with Gasteiger partial charge in [0, 0.05) is 43.8 Å². The Morgan fingerprint density at radius 2 is 2.00 bits per heavy atom. The summed E-state index contributed by atoms with van der Waals surface area (Å²) in [6, 6.07) is 9.40. The Morgan fingerprint density at radius 1 is 1.29 bits per heavy atom. The molecule has 1 saturated heterocycles. The smallest absolute Gasteiger partial charge is 0.246 e. The van der Waals surface area contributed by atoms with Gasteiger partial charge in [0.05, 0.1) is 25.7 Å². The van der Waals surface area contributed by atoms with Crippen molar-refractivity contribution in [1.29, 1.82) is 5.26 Å². The molecule has 5 nitrogen and oxygen atoms in total. The van der Waals surface area contributed by atoms with E-state index in [-0.39, 0.29) is 5.91 Å². The Balaban J connectivity index is 1.90. The van der Waals surface area contributed by atoms with Gasteiger partial charge in [-0.3, -0.25) is 9.69 Å². The second-order valence-electron chi connectivity index (χ2n) is 5.57. The van der Waals surface area contributed by atoms with Crippen molar-refractivity contribution >= 4 is 23.6 Å². The van der Waals surface area contributed by atoms with Crippen LogP contribution in [-0.2, 0) is 9.53 Å². The molecule has 1 fully saturated rings. The zero-order valence-electron chi connectivity index (χ0n) is 13.7. The molecule has 0 N–H and O–H groups in total. The van der Waals surface area contributed by atoms with Crippen molar-refractivity contribution in [2.24, 2.45) is 0 Å². The maximum absolute atomic E-state index is 12.4. The molecule has 24 heavy (non-hydrogen) atoms. The maximum Gasteiger partial charge on any atom is 0.246 e. The van der Waals surface area contributed by atoms with Crippen LogP contribution in [0.5, 0.6) is 0 Å². The lowest BCUT2D eigenvalue weighted by molar-refractivity contribution is -0.126. The van der Waals surface area contributed by atoms with Crippen LogP contribution in [0.1, 0.15) is 12.0 Å². The highest BCUT2D eigenvalue weighted by Crippen LogP contribution is 2.11. The molecule has 1 aromatic rings. The van der Waals surface area contributed by atoms with Gasteiger partial charge in [0.2, 0.25) is 5.91 Å². The van der Waals surface area contributed by atoms with Crippen LogP contribution in [0, 0.1) is 11.3 Å². The third kappa shape index (κ3) is 6.32. The van der Waals surface area contributed by atoms with E-state index in [2.05, 4.69) is 11.0 Å². The van der Waals surface area contributed by atoms with Crippen molar-refractivity contribution in [3.8, 4) is 6.07 Å². The van der Waals surface area contributed by atoms with Gasteiger partial charge in [-0.25, -0.2) is 0 Å². The molecule has 1 aliphatic heterocycles. The fourth-order valence-corrected chi connectivity index (χ4v) is 2.58. The summed E-state index contributed by atoms with van der Waals surface area (Å²) < 4.78 is 5.33. The van der Waals surface area contributed by atoms with Crippen molar-refractivity contribution in [2.75, 3.05) is 45.9 Å². The van der Waals surface area contributed by atoms with Crippen molar-refractivity contribution in [2.45, 2.75) is 6.42 Å². The highest BCUT2D eigenvalue weighted by Gasteiger charge is 2.14. The van der Waals surface area contributed by atoms with Crippen molar-refractivity contribution in [3.63, 3.8) is 0 Å². The van der Waals surface area contributed by atoms with Crippen molar-refractivity contribution < 1.29 is 9.53 Å². The third-order valence-electron chi connectivity index (χ3n) is 3.88. The van der Waals surface area contributed by atoms with E-state index >= 15 is 0 Å². The molecular weight excluding hydrogens is 326 g/mol. The molecule has 0 unspecified atom stereocenters. The Bertz CT molecular complexity index is 589. The van der Waals surface area contributed by atoms with Crippen LogP contribution < -0.4 is 0 Å². The van der Waals surface area contributed by atoms with E-state index in [0.717, 1.165) is 38.4 Å². The first kappa shape index (κ1) is 18.5. The quantitative estimate of drug-likeness (QED) is 0.711. The van der Waals surface area contributed by atoms with Crippen LogP contribution >= 0.6 is 11.6 Å². The summed E-state index contributed by atoms with van der Waals surface area (Å²) in [7, 11) is 0. The molecule has 1 heterocycles. The molecule has 0 radical (unpaired) electrons. The van der Waals surface area contributed by atoms with E-state index in [1.807, 2.05) is 12.1 Å². The third-order valence-corrected chi connectivity index (χ3v) is 4.14. The fraction of sp³-hybridized carbons (Fsp3) is 0.444. The minimum Gasteiger partial charge on any atom is -0.379 e. The molecule has 0 atom stereocenters. The number of morpholine rings is 1. The summed E-state index contributed by atoms with van der Waals surface area (Å²) in [6.07, 6.45) is 3.66. The van der Waals surface area contributed by atoms with Gasteiger partial charge in [-0.05, 0) is 23.8 Å². The first-order valence-electron chi connectivity index (χ1n) is 8.08. The van der Waals surface area contributed by atoms with Crippen LogP contribution in [0.4, 0.5) is 0 Å². The fourth-order valence-electron chi connectivity index (χ4n) is 2.45. The number of amides is 1. The predicted molar refractivity (Wildman–Crippen MR) is 94.6 cm³/mol. The van der Waals surface area contributed by atoms with Gasteiger partial charge in [-0.2, -0.15) is 5.26 Å². The molecular formula is C18H22ClN3O2.